The van der Waals surface area contributed by atoms with Gasteiger partial charge in [-0.15, -0.1) is 0 Å². The number of aromatic nitrogens is 2. The minimum Gasteiger partial charge on any atom is -0.379 e. The molecule has 1 aliphatic carbocycles. The number of carbonyl (C=O) groups excluding carboxylic acids is 1. The van der Waals surface area contributed by atoms with E-state index < -0.39 is 0 Å². The molecule has 0 spiro atoms. The molecule has 5 heteroatoms. The number of nitrogens with one attached hydrogen (secondary N) is 2. The maximum absolute atomic E-state index is 11.8. The van der Waals surface area contributed by atoms with Gasteiger partial charge in [0.2, 0.25) is 0 Å². The molecule has 1 aromatic carbocycles. The molecule has 1 heterocycles. The van der Waals surface area contributed by atoms with Gasteiger partial charge in [0.05, 0.1) is 18.4 Å². The topological polar surface area (TPSA) is 66.9 Å². The molecule has 0 atom stereocenters. The zero-order chi connectivity index (χ0) is 13.8. The van der Waals surface area contributed by atoms with Crippen molar-refractivity contribution in [3.8, 4) is 0 Å². The summed E-state index contributed by atoms with van der Waals surface area (Å²) in [6.07, 6.45) is 7.25. The molecule has 3 rings (SSSR count). The third-order valence-electron chi connectivity index (χ3n) is 3.15. The number of amides is 1. The first-order valence-corrected chi connectivity index (χ1v) is 6.71. The predicted octanol–water partition coefficient (Wildman–Crippen LogP) is 1.98. The predicted molar refractivity (Wildman–Crippen MR) is 76.3 cm³/mol. The zero-order valence-corrected chi connectivity index (χ0v) is 11.0. The van der Waals surface area contributed by atoms with Gasteiger partial charge < -0.3 is 10.6 Å². The lowest BCUT2D eigenvalue weighted by atomic mass is 10.2. The minimum absolute atomic E-state index is 0.00739. The Bertz CT molecular complexity index is 579. The second-order valence-electron chi connectivity index (χ2n) is 4.88. The quantitative estimate of drug-likeness (QED) is 0.870. The first-order valence-electron chi connectivity index (χ1n) is 6.71. The van der Waals surface area contributed by atoms with Gasteiger partial charge in [-0.1, -0.05) is 0 Å². The number of rotatable bonds is 5. The van der Waals surface area contributed by atoms with Gasteiger partial charge in [0, 0.05) is 29.7 Å². The smallest absolute Gasteiger partial charge is 0.251 e. The summed E-state index contributed by atoms with van der Waals surface area (Å²) in [7, 11) is 0. The van der Waals surface area contributed by atoms with Crippen molar-refractivity contribution in [1.82, 2.24) is 15.3 Å². The van der Waals surface area contributed by atoms with Crippen LogP contribution >= 0.6 is 0 Å². The van der Waals surface area contributed by atoms with E-state index in [4.69, 9.17) is 0 Å². The van der Waals surface area contributed by atoms with Gasteiger partial charge in [0.25, 0.3) is 5.91 Å². The van der Waals surface area contributed by atoms with Gasteiger partial charge in [0.15, 0.2) is 0 Å². The summed E-state index contributed by atoms with van der Waals surface area (Å²) < 4.78 is 0. The molecule has 5 nitrogen and oxygen atoms in total. The van der Waals surface area contributed by atoms with Crippen molar-refractivity contribution in [3.63, 3.8) is 0 Å². The number of anilines is 1. The third-order valence-corrected chi connectivity index (χ3v) is 3.15. The summed E-state index contributed by atoms with van der Waals surface area (Å²) in [4.78, 5) is 20.0. The monoisotopic (exact) mass is 268 g/mol. The van der Waals surface area contributed by atoms with E-state index in [0.29, 0.717) is 18.2 Å². The van der Waals surface area contributed by atoms with Gasteiger partial charge in [0.1, 0.15) is 0 Å². The second kappa shape index (κ2) is 5.69. The molecule has 1 aliphatic rings. The van der Waals surface area contributed by atoms with Crippen molar-refractivity contribution < 1.29 is 4.79 Å². The largest absolute Gasteiger partial charge is 0.379 e. The summed E-state index contributed by atoms with van der Waals surface area (Å²) >= 11 is 0. The van der Waals surface area contributed by atoms with Crippen molar-refractivity contribution in [3.05, 3.63) is 54.1 Å². The highest BCUT2D eigenvalue weighted by atomic mass is 16.1. The average molecular weight is 268 g/mol. The van der Waals surface area contributed by atoms with Crippen molar-refractivity contribution >= 4 is 11.6 Å². The molecule has 1 aromatic heterocycles. The number of hydrogen-bond donors (Lipinski definition) is 2. The summed E-state index contributed by atoms with van der Waals surface area (Å²) in [5, 5.41) is 6.22. The molecule has 2 aromatic rings. The molecule has 2 N–H and O–H groups in total. The lowest BCUT2D eigenvalue weighted by molar-refractivity contribution is 0.0951. The molecule has 1 saturated carbocycles. The minimum atomic E-state index is 0.00739. The molecule has 0 saturated heterocycles. The van der Waals surface area contributed by atoms with E-state index in [1.807, 2.05) is 24.3 Å². The maximum Gasteiger partial charge on any atom is 0.251 e. The Morgan fingerprint density at radius 1 is 1.20 bits per heavy atom. The van der Waals surface area contributed by atoms with Crippen molar-refractivity contribution in [1.29, 1.82) is 0 Å². The van der Waals surface area contributed by atoms with Crippen molar-refractivity contribution in [2.45, 2.75) is 25.4 Å². The molecular weight excluding hydrogens is 252 g/mol. The number of benzene rings is 1. The van der Waals surface area contributed by atoms with Crippen LogP contribution in [-0.2, 0) is 6.54 Å². The van der Waals surface area contributed by atoms with Gasteiger partial charge in [-0.3, -0.25) is 14.8 Å². The maximum atomic E-state index is 11.8. The summed E-state index contributed by atoms with van der Waals surface area (Å²) in [5.74, 6) is 0.00739. The SMILES string of the molecule is O=C(NC1CC1)c1ccc(NCc2cnccn2)cc1. The fourth-order valence-electron chi connectivity index (χ4n) is 1.85. The fourth-order valence-corrected chi connectivity index (χ4v) is 1.85. The molecule has 0 aliphatic heterocycles. The Balaban J connectivity index is 1.56. The number of hydrogen-bond acceptors (Lipinski definition) is 4. The summed E-state index contributed by atoms with van der Waals surface area (Å²) in [6, 6.07) is 7.85. The molecule has 0 radical (unpaired) electrons. The highest BCUT2D eigenvalue weighted by Crippen LogP contribution is 2.19. The molecule has 0 bridgehead atoms. The second-order valence-corrected chi connectivity index (χ2v) is 4.88. The Labute approximate surface area is 117 Å². The van der Waals surface area contributed by atoms with Gasteiger partial charge in [-0.05, 0) is 37.1 Å². The molecular formula is C15H16N4O. The van der Waals surface area contributed by atoms with Crippen LogP contribution in [0.5, 0.6) is 0 Å². The highest BCUT2D eigenvalue weighted by molar-refractivity contribution is 5.94. The first kappa shape index (κ1) is 12.6. The molecule has 1 amide bonds. The van der Waals surface area contributed by atoms with E-state index >= 15 is 0 Å². The summed E-state index contributed by atoms with van der Waals surface area (Å²) in [6.45, 7) is 0.613. The van der Waals surface area contributed by atoms with Crippen LogP contribution in [0.2, 0.25) is 0 Å². The van der Waals surface area contributed by atoms with Crippen LogP contribution in [0.25, 0.3) is 0 Å². The number of nitrogens with zero attached hydrogens (tertiary/aromatic N) is 2. The molecule has 102 valence electrons. The standard InChI is InChI=1S/C15H16N4O/c20-15(19-13-5-6-13)11-1-3-12(4-2-11)18-10-14-9-16-7-8-17-14/h1-4,7-9,13,18H,5-6,10H2,(H,19,20). The fraction of sp³-hybridized carbons (Fsp3) is 0.267. The van der Waals surface area contributed by atoms with Crippen molar-refractivity contribution in [2.75, 3.05) is 5.32 Å². The van der Waals surface area contributed by atoms with Crippen molar-refractivity contribution in [2.24, 2.45) is 0 Å². The van der Waals surface area contributed by atoms with Crippen LogP contribution in [-0.4, -0.2) is 21.9 Å². The average Bonchev–Trinajstić information content (AvgIpc) is 3.31. The van der Waals surface area contributed by atoms with E-state index in [9.17, 15) is 4.79 Å². The Morgan fingerprint density at radius 3 is 2.65 bits per heavy atom. The Hall–Kier alpha value is -2.43. The van der Waals surface area contributed by atoms with Gasteiger partial charge >= 0.3 is 0 Å². The highest BCUT2D eigenvalue weighted by Gasteiger charge is 2.23. The first-order chi connectivity index (χ1) is 9.81. The zero-order valence-electron chi connectivity index (χ0n) is 11.0. The van der Waals surface area contributed by atoms with E-state index in [1.54, 1.807) is 18.6 Å². The van der Waals surface area contributed by atoms with Crippen LogP contribution in [0.1, 0.15) is 28.9 Å². The van der Waals surface area contributed by atoms with Gasteiger partial charge in [-0.25, -0.2) is 0 Å². The van der Waals surface area contributed by atoms with E-state index in [1.165, 1.54) is 0 Å². The normalized spacial score (nSPS) is 13.8. The van der Waals surface area contributed by atoms with E-state index in [2.05, 4.69) is 20.6 Å². The Kier molecular flexibility index (Phi) is 3.58. The van der Waals surface area contributed by atoms with Gasteiger partial charge in [-0.2, -0.15) is 0 Å². The lowest BCUT2D eigenvalue weighted by Crippen LogP contribution is -2.25. The number of carbonyl (C=O) groups is 1. The Morgan fingerprint density at radius 2 is 2.00 bits per heavy atom. The van der Waals surface area contributed by atoms with Crippen LogP contribution in [0.15, 0.2) is 42.9 Å². The summed E-state index contributed by atoms with van der Waals surface area (Å²) in [5.41, 5.74) is 2.53. The van der Waals surface area contributed by atoms with E-state index in [-0.39, 0.29) is 5.91 Å². The van der Waals surface area contributed by atoms with E-state index in [0.717, 1.165) is 24.2 Å². The van der Waals surface area contributed by atoms with Crippen LogP contribution in [0.4, 0.5) is 5.69 Å². The van der Waals surface area contributed by atoms with Crippen LogP contribution in [0.3, 0.4) is 0 Å². The molecule has 0 unspecified atom stereocenters. The van der Waals surface area contributed by atoms with Crippen LogP contribution < -0.4 is 10.6 Å². The van der Waals surface area contributed by atoms with Crippen LogP contribution in [0, 0.1) is 0 Å². The molecule has 1 fully saturated rings. The molecule has 20 heavy (non-hydrogen) atoms. The lowest BCUT2D eigenvalue weighted by Gasteiger charge is -2.07. The third kappa shape index (κ3) is 3.32.